The number of aromatic nitrogens is 1. The molecule has 0 bridgehead atoms. The van der Waals surface area contributed by atoms with Crippen LogP contribution in [0, 0.1) is 5.92 Å². The summed E-state index contributed by atoms with van der Waals surface area (Å²) in [6.07, 6.45) is 2.55. The number of hydrogen-bond acceptors (Lipinski definition) is 5. The van der Waals surface area contributed by atoms with Gasteiger partial charge in [-0.3, -0.25) is 4.79 Å². The number of hydrogen-bond donors (Lipinski definition) is 1. The smallest absolute Gasteiger partial charge is 0.236 e. The van der Waals surface area contributed by atoms with Crippen molar-refractivity contribution in [3.05, 3.63) is 89.8 Å². The lowest BCUT2D eigenvalue weighted by atomic mass is 9.97. The number of nitrogens with one attached hydrogen (secondary N) is 1. The summed E-state index contributed by atoms with van der Waals surface area (Å²) in [5, 5.41) is 4.18. The molecule has 178 valence electrons. The molecule has 1 aromatic heterocycles. The van der Waals surface area contributed by atoms with Crippen LogP contribution in [0.5, 0.6) is 0 Å². The van der Waals surface area contributed by atoms with Crippen molar-refractivity contribution in [1.82, 2.24) is 9.29 Å². The second kappa shape index (κ2) is 9.85. The van der Waals surface area contributed by atoms with Gasteiger partial charge in [-0.1, -0.05) is 42.5 Å². The lowest BCUT2D eigenvalue weighted by Gasteiger charge is -2.29. The number of sulfonamides is 1. The number of carbonyl (C=O) groups is 1. The Bertz CT molecular complexity index is 1420. The standard InChI is InChI=1S/C27H25N3O4S/c31-26(21-14-17-30(18-15-21)35(32,33)19-16-20-6-2-1-3-7-20)28-23-12-10-22(11-13-23)27-29-24-8-4-5-9-25(24)34-27/h1-13,16,19,21H,14-15,17-18H2,(H,28,31)/b19-16+. The maximum absolute atomic E-state index is 12.8. The summed E-state index contributed by atoms with van der Waals surface area (Å²) in [6.45, 7) is 0.631. The van der Waals surface area contributed by atoms with E-state index in [0.717, 1.165) is 22.2 Å². The molecular formula is C27H25N3O4S. The maximum atomic E-state index is 12.8. The van der Waals surface area contributed by atoms with Crippen molar-refractivity contribution in [2.75, 3.05) is 18.4 Å². The number of rotatable bonds is 6. The molecule has 0 saturated carbocycles. The molecule has 1 saturated heterocycles. The van der Waals surface area contributed by atoms with E-state index in [4.69, 9.17) is 4.42 Å². The minimum Gasteiger partial charge on any atom is -0.436 e. The number of fused-ring (bicyclic) bond motifs is 1. The second-order valence-corrected chi connectivity index (χ2v) is 10.3. The quantitative estimate of drug-likeness (QED) is 0.406. The first-order valence-electron chi connectivity index (χ1n) is 11.5. The monoisotopic (exact) mass is 487 g/mol. The second-order valence-electron chi connectivity index (χ2n) is 8.49. The van der Waals surface area contributed by atoms with E-state index in [1.54, 1.807) is 6.08 Å². The zero-order valence-corrected chi connectivity index (χ0v) is 19.8. The van der Waals surface area contributed by atoms with Crippen LogP contribution >= 0.6 is 0 Å². The van der Waals surface area contributed by atoms with Crippen LogP contribution in [0.2, 0.25) is 0 Å². The summed E-state index contributed by atoms with van der Waals surface area (Å²) in [7, 11) is -3.52. The van der Waals surface area contributed by atoms with E-state index < -0.39 is 10.0 Å². The molecule has 1 aliphatic heterocycles. The van der Waals surface area contributed by atoms with Gasteiger partial charge in [0.05, 0.1) is 0 Å². The van der Waals surface area contributed by atoms with E-state index in [2.05, 4.69) is 10.3 Å². The van der Waals surface area contributed by atoms with Crippen LogP contribution in [0.15, 0.2) is 88.7 Å². The van der Waals surface area contributed by atoms with Crippen LogP contribution in [0.25, 0.3) is 28.6 Å². The van der Waals surface area contributed by atoms with Crippen molar-refractivity contribution >= 4 is 38.8 Å². The van der Waals surface area contributed by atoms with E-state index in [-0.39, 0.29) is 11.8 Å². The van der Waals surface area contributed by atoms with E-state index in [1.165, 1.54) is 9.71 Å². The fraction of sp³-hybridized carbons (Fsp3) is 0.185. The van der Waals surface area contributed by atoms with Gasteiger partial charge in [0.2, 0.25) is 21.8 Å². The predicted molar refractivity (Wildman–Crippen MR) is 137 cm³/mol. The molecule has 2 heterocycles. The molecular weight excluding hydrogens is 462 g/mol. The number of nitrogens with zero attached hydrogens (tertiary/aromatic N) is 2. The fourth-order valence-electron chi connectivity index (χ4n) is 4.12. The molecule has 8 heteroatoms. The molecule has 7 nitrogen and oxygen atoms in total. The summed E-state index contributed by atoms with van der Waals surface area (Å²) in [5.74, 6) is 0.187. The molecule has 0 aliphatic carbocycles. The average Bonchev–Trinajstić information content (AvgIpc) is 3.33. The van der Waals surface area contributed by atoms with Gasteiger partial charge in [-0.15, -0.1) is 0 Å². The summed E-state index contributed by atoms with van der Waals surface area (Å²) in [4.78, 5) is 17.3. The lowest BCUT2D eigenvalue weighted by molar-refractivity contribution is -0.120. The van der Waals surface area contributed by atoms with Crippen molar-refractivity contribution in [2.24, 2.45) is 5.92 Å². The first kappa shape index (κ1) is 23.0. The number of piperidine rings is 1. The Morgan fingerprint density at radius 2 is 1.63 bits per heavy atom. The van der Waals surface area contributed by atoms with Crippen molar-refractivity contribution in [2.45, 2.75) is 12.8 Å². The average molecular weight is 488 g/mol. The van der Waals surface area contributed by atoms with Crippen molar-refractivity contribution in [3.63, 3.8) is 0 Å². The first-order valence-corrected chi connectivity index (χ1v) is 13.0. The molecule has 0 atom stereocenters. The van der Waals surface area contributed by atoms with Crippen molar-refractivity contribution in [1.29, 1.82) is 0 Å². The molecule has 4 aromatic rings. The number of para-hydroxylation sites is 2. The third-order valence-electron chi connectivity index (χ3n) is 6.11. The Kier molecular flexibility index (Phi) is 6.48. The Labute approximate surface area is 204 Å². The van der Waals surface area contributed by atoms with Gasteiger partial charge in [0.25, 0.3) is 0 Å². The molecule has 1 amide bonds. The molecule has 35 heavy (non-hydrogen) atoms. The van der Waals surface area contributed by atoms with Gasteiger partial charge in [-0.05, 0) is 60.9 Å². The van der Waals surface area contributed by atoms with E-state index >= 15 is 0 Å². The largest absolute Gasteiger partial charge is 0.436 e. The van der Waals surface area contributed by atoms with E-state index in [1.807, 2.05) is 78.9 Å². The maximum Gasteiger partial charge on any atom is 0.236 e. The van der Waals surface area contributed by atoms with Crippen LogP contribution in [-0.2, 0) is 14.8 Å². The Hall–Kier alpha value is -3.75. The van der Waals surface area contributed by atoms with Gasteiger partial charge in [-0.25, -0.2) is 13.4 Å². The molecule has 5 rings (SSSR count). The summed E-state index contributed by atoms with van der Waals surface area (Å²) >= 11 is 0. The number of amides is 1. The third-order valence-corrected chi connectivity index (χ3v) is 7.67. The van der Waals surface area contributed by atoms with Gasteiger partial charge in [0, 0.05) is 35.7 Å². The summed E-state index contributed by atoms with van der Waals surface area (Å²) < 4.78 is 32.5. The zero-order valence-electron chi connectivity index (χ0n) is 19.0. The summed E-state index contributed by atoms with van der Waals surface area (Å²) in [5.41, 5.74) is 3.84. The molecule has 1 aliphatic rings. The Morgan fingerprint density at radius 1 is 0.943 bits per heavy atom. The fourth-order valence-corrected chi connectivity index (χ4v) is 5.34. The highest BCUT2D eigenvalue weighted by atomic mass is 32.2. The number of benzene rings is 3. The number of carbonyl (C=O) groups excluding carboxylic acids is 1. The van der Waals surface area contributed by atoms with Crippen LogP contribution < -0.4 is 5.32 Å². The lowest BCUT2D eigenvalue weighted by Crippen LogP contribution is -2.40. The van der Waals surface area contributed by atoms with Crippen LogP contribution in [0.4, 0.5) is 5.69 Å². The Morgan fingerprint density at radius 3 is 2.34 bits per heavy atom. The Balaban J connectivity index is 1.16. The highest BCUT2D eigenvalue weighted by Gasteiger charge is 2.30. The van der Waals surface area contributed by atoms with Crippen LogP contribution in [0.1, 0.15) is 18.4 Å². The minimum atomic E-state index is -3.52. The van der Waals surface area contributed by atoms with Crippen molar-refractivity contribution < 1.29 is 17.6 Å². The topological polar surface area (TPSA) is 92.5 Å². The van der Waals surface area contributed by atoms with Gasteiger partial charge < -0.3 is 9.73 Å². The van der Waals surface area contributed by atoms with Crippen molar-refractivity contribution in [3.8, 4) is 11.5 Å². The van der Waals surface area contributed by atoms with Gasteiger partial charge >= 0.3 is 0 Å². The van der Waals surface area contributed by atoms with Crippen LogP contribution in [0.3, 0.4) is 0 Å². The molecule has 0 spiro atoms. The highest BCUT2D eigenvalue weighted by Crippen LogP contribution is 2.26. The number of oxazole rings is 1. The van der Waals surface area contributed by atoms with Gasteiger partial charge in [0.15, 0.2) is 5.58 Å². The van der Waals surface area contributed by atoms with Gasteiger partial charge in [-0.2, -0.15) is 4.31 Å². The number of anilines is 1. The molecule has 0 unspecified atom stereocenters. The van der Waals surface area contributed by atoms with Gasteiger partial charge in [0.1, 0.15) is 5.52 Å². The van der Waals surface area contributed by atoms with E-state index in [0.29, 0.717) is 37.5 Å². The zero-order chi connectivity index (χ0) is 24.3. The third kappa shape index (κ3) is 5.34. The first-order chi connectivity index (χ1) is 17.0. The minimum absolute atomic E-state index is 0.100. The highest BCUT2D eigenvalue weighted by molar-refractivity contribution is 7.92. The molecule has 3 aromatic carbocycles. The van der Waals surface area contributed by atoms with Crippen LogP contribution in [-0.4, -0.2) is 36.7 Å². The normalized spacial score (nSPS) is 15.5. The van der Waals surface area contributed by atoms with E-state index in [9.17, 15) is 13.2 Å². The molecule has 0 radical (unpaired) electrons. The SMILES string of the molecule is O=C(Nc1ccc(-c2nc3ccccc3o2)cc1)C1CCN(S(=O)(=O)/C=C/c2ccccc2)CC1. The molecule has 1 fully saturated rings. The predicted octanol–water partition coefficient (Wildman–Crippen LogP) is 5.15. The summed E-state index contributed by atoms with van der Waals surface area (Å²) in [6, 6.07) is 24.2. The molecule has 1 N–H and O–H groups in total.